The third-order valence-electron chi connectivity index (χ3n) is 6.03. The highest BCUT2D eigenvalue weighted by molar-refractivity contribution is 9.10. The van der Waals surface area contributed by atoms with E-state index >= 15 is 0 Å². The van der Waals surface area contributed by atoms with Crippen LogP contribution in [-0.2, 0) is 5.54 Å². The zero-order valence-electron chi connectivity index (χ0n) is 16.7. The van der Waals surface area contributed by atoms with Crippen molar-refractivity contribution in [3.05, 3.63) is 80.9 Å². The Morgan fingerprint density at radius 3 is 2.65 bits per heavy atom. The molecule has 1 fully saturated rings. The minimum atomic E-state index is -0.809. The van der Waals surface area contributed by atoms with Crippen LogP contribution in [0.15, 0.2) is 62.3 Å². The van der Waals surface area contributed by atoms with Gasteiger partial charge >= 0.3 is 5.76 Å². The van der Waals surface area contributed by atoms with Gasteiger partial charge in [0.2, 0.25) is 0 Å². The fourth-order valence-electron chi connectivity index (χ4n) is 4.30. The Balaban J connectivity index is 1.76. The maximum atomic E-state index is 14.5. The number of benzene rings is 2. The number of nitrogens with zero attached hydrogens (tertiary/aromatic N) is 3. The fraction of sp³-hybridized carbons (Fsp3) is 0.227. The van der Waals surface area contributed by atoms with Crippen LogP contribution in [0.2, 0.25) is 0 Å². The Kier molecular flexibility index (Phi) is 4.40. The maximum Gasteiger partial charge on any atom is 0.438 e. The number of nitrogens with one attached hydrogen (secondary N) is 1. The molecule has 31 heavy (non-hydrogen) atoms. The molecule has 2 aromatic carbocycles. The van der Waals surface area contributed by atoms with Crippen LogP contribution < -0.4 is 10.7 Å². The number of para-hydroxylation sites is 1. The number of hydrogen-bond donors (Lipinski definition) is 1. The van der Waals surface area contributed by atoms with E-state index in [9.17, 15) is 14.0 Å². The fourth-order valence-corrected chi connectivity index (χ4v) is 4.66. The average Bonchev–Trinajstić information content (AvgIpc) is 3.08. The lowest BCUT2D eigenvalue weighted by Gasteiger charge is -2.23. The molecule has 2 heterocycles. The predicted molar refractivity (Wildman–Crippen MR) is 117 cm³/mol. The third-order valence-corrected chi connectivity index (χ3v) is 6.64. The van der Waals surface area contributed by atoms with Crippen LogP contribution in [0.3, 0.4) is 0 Å². The molecule has 0 aliphatic heterocycles. The molecule has 5 rings (SSSR count). The van der Waals surface area contributed by atoms with E-state index in [4.69, 9.17) is 4.52 Å². The van der Waals surface area contributed by atoms with Crippen LogP contribution in [0.1, 0.15) is 29.7 Å². The largest absolute Gasteiger partial charge is 0.438 e. The number of carbonyl (C=O) groups is 1. The number of H-pyrrole nitrogens is 1. The number of anilines is 1. The van der Waals surface area contributed by atoms with Crippen molar-refractivity contribution >= 4 is 38.4 Å². The summed E-state index contributed by atoms with van der Waals surface area (Å²) in [6.45, 7) is 1.99. The molecule has 2 aromatic heterocycles. The van der Waals surface area contributed by atoms with Crippen molar-refractivity contribution in [2.45, 2.75) is 18.9 Å². The van der Waals surface area contributed by atoms with E-state index in [1.165, 1.54) is 6.07 Å². The molecule has 158 valence electrons. The Bertz CT molecular complexity index is 1380. The lowest BCUT2D eigenvalue weighted by atomic mass is 10.1. The van der Waals surface area contributed by atoms with Gasteiger partial charge in [0, 0.05) is 18.1 Å². The van der Waals surface area contributed by atoms with Gasteiger partial charge in [0.15, 0.2) is 5.82 Å². The summed E-state index contributed by atoms with van der Waals surface area (Å²) in [6, 6.07) is 14.0. The second kappa shape index (κ2) is 6.91. The number of hydrogen-bond acceptors (Lipinski definition) is 4. The van der Waals surface area contributed by atoms with Crippen LogP contribution in [0.5, 0.6) is 0 Å². The van der Waals surface area contributed by atoms with Crippen molar-refractivity contribution in [1.82, 2.24) is 14.7 Å². The third kappa shape index (κ3) is 2.95. The van der Waals surface area contributed by atoms with Gasteiger partial charge in [-0.1, -0.05) is 30.3 Å². The standard InChI is InChI=1S/C22H18BrFN4O3/c1-12-11-22(12,20-25-21(30)31-26-20)28-17-10-16(24)15(23)8-13(17)9-18(28)19(29)27(2)14-6-4-3-5-7-14/h3-10,12H,11H2,1-2H3,(H,25,26,30)/t12-,22-/m0/s1. The molecular formula is C22H18BrFN4O3. The van der Waals surface area contributed by atoms with Gasteiger partial charge in [0.05, 0.1) is 9.99 Å². The normalized spacial score (nSPS) is 20.2. The van der Waals surface area contributed by atoms with Gasteiger partial charge < -0.3 is 9.47 Å². The lowest BCUT2D eigenvalue weighted by Crippen LogP contribution is -2.33. The van der Waals surface area contributed by atoms with E-state index in [0.29, 0.717) is 33.3 Å². The topological polar surface area (TPSA) is 84.1 Å². The molecule has 0 bridgehead atoms. The number of fused-ring (bicyclic) bond motifs is 1. The van der Waals surface area contributed by atoms with Crippen molar-refractivity contribution in [2.75, 3.05) is 11.9 Å². The first-order valence-corrected chi connectivity index (χ1v) is 10.5. The predicted octanol–water partition coefficient (Wildman–Crippen LogP) is 4.28. The van der Waals surface area contributed by atoms with Crippen molar-refractivity contribution in [3.8, 4) is 0 Å². The highest BCUT2D eigenvalue weighted by Gasteiger charge is 2.59. The highest BCUT2D eigenvalue weighted by atomic mass is 79.9. The van der Waals surface area contributed by atoms with Crippen molar-refractivity contribution < 1.29 is 13.7 Å². The van der Waals surface area contributed by atoms with E-state index in [1.54, 1.807) is 28.6 Å². The zero-order chi connectivity index (χ0) is 21.9. The van der Waals surface area contributed by atoms with Crippen LogP contribution in [-0.4, -0.2) is 27.7 Å². The number of aromatic nitrogens is 3. The molecule has 0 radical (unpaired) electrons. The minimum absolute atomic E-state index is 0.0455. The van der Waals surface area contributed by atoms with Crippen LogP contribution in [0.4, 0.5) is 10.1 Å². The molecule has 9 heteroatoms. The summed E-state index contributed by atoms with van der Waals surface area (Å²) in [5, 5.41) is 4.61. The summed E-state index contributed by atoms with van der Waals surface area (Å²) in [4.78, 5) is 29.5. The average molecular weight is 485 g/mol. The van der Waals surface area contributed by atoms with E-state index in [2.05, 4.69) is 26.1 Å². The molecule has 0 unspecified atom stereocenters. The van der Waals surface area contributed by atoms with E-state index in [1.807, 2.05) is 37.3 Å². The number of amides is 1. The highest BCUT2D eigenvalue weighted by Crippen LogP contribution is 2.56. The lowest BCUT2D eigenvalue weighted by molar-refractivity contribution is 0.0982. The molecule has 1 aliphatic carbocycles. The van der Waals surface area contributed by atoms with Gasteiger partial charge in [0.1, 0.15) is 17.1 Å². The second-order valence-electron chi connectivity index (χ2n) is 7.86. The Morgan fingerprint density at radius 2 is 2.03 bits per heavy atom. The number of aromatic amines is 1. The van der Waals surface area contributed by atoms with Crippen molar-refractivity contribution in [2.24, 2.45) is 5.92 Å². The minimum Gasteiger partial charge on any atom is -0.322 e. The van der Waals surface area contributed by atoms with Crippen LogP contribution in [0.25, 0.3) is 10.9 Å². The maximum absolute atomic E-state index is 14.5. The van der Waals surface area contributed by atoms with Gasteiger partial charge in [-0.25, -0.2) is 9.18 Å². The molecular weight excluding hydrogens is 467 g/mol. The smallest absolute Gasteiger partial charge is 0.322 e. The summed E-state index contributed by atoms with van der Waals surface area (Å²) in [5.74, 6) is -1.01. The van der Waals surface area contributed by atoms with Crippen molar-refractivity contribution in [3.63, 3.8) is 0 Å². The summed E-state index contributed by atoms with van der Waals surface area (Å²) in [7, 11) is 1.69. The second-order valence-corrected chi connectivity index (χ2v) is 8.72. The van der Waals surface area contributed by atoms with Gasteiger partial charge in [0.25, 0.3) is 5.91 Å². The number of halogens is 2. The molecule has 1 N–H and O–H groups in total. The summed E-state index contributed by atoms with van der Waals surface area (Å²) in [6.07, 6.45) is 0.617. The van der Waals surface area contributed by atoms with Crippen LogP contribution in [0, 0.1) is 11.7 Å². The monoisotopic (exact) mass is 484 g/mol. The first kappa shape index (κ1) is 19.7. The first-order chi connectivity index (χ1) is 14.8. The van der Waals surface area contributed by atoms with E-state index < -0.39 is 17.1 Å². The number of carbonyl (C=O) groups excluding carboxylic acids is 1. The quantitative estimate of drug-likeness (QED) is 0.468. The summed E-state index contributed by atoms with van der Waals surface area (Å²) >= 11 is 3.22. The van der Waals surface area contributed by atoms with Gasteiger partial charge in [-0.2, -0.15) is 0 Å². The molecule has 4 aromatic rings. The first-order valence-electron chi connectivity index (χ1n) is 9.73. The van der Waals surface area contributed by atoms with Crippen molar-refractivity contribution in [1.29, 1.82) is 0 Å². The molecule has 0 saturated heterocycles. The summed E-state index contributed by atoms with van der Waals surface area (Å²) in [5.41, 5.74) is 0.826. The summed E-state index contributed by atoms with van der Waals surface area (Å²) < 4.78 is 21.4. The molecule has 7 nitrogen and oxygen atoms in total. The molecule has 1 amide bonds. The van der Waals surface area contributed by atoms with E-state index in [-0.39, 0.29) is 11.8 Å². The number of rotatable bonds is 4. The van der Waals surface area contributed by atoms with Crippen LogP contribution >= 0.6 is 15.9 Å². The Labute approximate surface area is 184 Å². The Hall–Kier alpha value is -3.20. The molecule has 1 aliphatic rings. The zero-order valence-corrected chi connectivity index (χ0v) is 18.3. The van der Waals surface area contributed by atoms with E-state index in [0.717, 1.165) is 5.69 Å². The van der Waals surface area contributed by atoms with Gasteiger partial charge in [-0.15, -0.1) is 0 Å². The molecule has 2 atom stereocenters. The van der Waals surface area contributed by atoms with Gasteiger partial charge in [-0.05, 0) is 58.6 Å². The Morgan fingerprint density at radius 1 is 1.32 bits per heavy atom. The molecule has 0 spiro atoms. The SMILES string of the molecule is C[C@H]1C[C@]1(c1noc(=O)[nH]1)n1c(C(=O)N(C)c2ccccc2)cc2cc(Br)c(F)cc21. The molecule has 1 saturated carbocycles. The van der Waals surface area contributed by atoms with Gasteiger partial charge in [-0.3, -0.25) is 14.3 Å².